The number of aromatic amines is 1. The van der Waals surface area contributed by atoms with Gasteiger partial charge in [-0.1, -0.05) is 72.4 Å². The van der Waals surface area contributed by atoms with Crippen LogP contribution in [0, 0.1) is 6.92 Å². The summed E-state index contributed by atoms with van der Waals surface area (Å²) in [6, 6.07) is 19.1. The van der Waals surface area contributed by atoms with Crippen LogP contribution >= 0.6 is 11.8 Å². The third kappa shape index (κ3) is 5.99. The first kappa shape index (κ1) is 19.7. The van der Waals surface area contributed by atoms with Crippen molar-refractivity contribution in [2.45, 2.75) is 25.0 Å². The van der Waals surface area contributed by atoms with Gasteiger partial charge in [0, 0.05) is 18.7 Å². The first-order valence-corrected chi connectivity index (χ1v) is 9.92. The van der Waals surface area contributed by atoms with E-state index in [0.29, 0.717) is 11.7 Å². The van der Waals surface area contributed by atoms with Crippen LogP contribution in [0.2, 0.25) is 0 Å². The number of aromatic nitrogens is 2. The smallest absolute Gasteiger partial charge is 0.321 e. The number of imide groups is 1. The second kappa shape index (κ2) is 9.75. The van der Waals surface area contributed by atoms with Gasteiger partial charge in [-0.25, -0.2) is 9.78 Å². The average molecular weight is 395 g/mol. The summed E-state index contributed by atoms with van der Waals surface area (Å²) in [7, 11) is 0. The van der Waals surface area contributed by atoms with Crippen molar-refractivity contribution in [1.82, 2.24) is 20.6 Å². The first-order valence-electron chi connectivity index (χ1n) is 8.94. The van der Waals surface area contributed by atoms with Crippen molar-refractivity contribution in [2.75, 3.05) is 5.75 Å². The van der Waals surface area contributed by atoms with Crippen molar-refractivity contribution in [3.8, 4) is 0 Å². The summed E-state index contributed by atoms with van der Waals surface area (Å²) < 4.78 is 0. The average Bonchev–Trinajstić information content (AvgIpc) is 3.06. The molecule has 0 unspecified atom stereocenters. The molecule has 0 saturated carbocycles. The van der Waals surface area contributed by atoms with Crippen molar-refractivity contribution >= 4 is 23.7 Å². The highest BCUT2D eigenvalue weighted by atomic mass is 32.2. The largest absolute Gasteiger partial charge is 0.337 e. The Morgan fingerprint density at radius 2 is 1.64 bits per heavy atom. The van der Waals surface area contributed by atoms with Crippen LogP contribution in [0.4, 0.5) is 4.79 Å². The zero-order valence-electron chi connectivity index (χ0n) is 15.6. The predicted molar refractivity (Wildman–Crippen MR) is 110 cm³/mol. The summed E-state index contributed by atoms with van der Waals surface area (Å²) in [6.07, 6.45) is 0.734. The van der Waals surface area contributed by atoms with Crippen molar-refractivity contribution < 1.29 is 9.59 Å². The zero-order chi connectivity index (χ0) is 19.8. The number of carbonyl (C=O) groups excluding carboxylic acids is 2. The summed E-state index contributed by atoms with van der Waals surface area (Å²) in [4.78, 5) is 31.6. The standard InChI is InChI=1S/C21H22N4O2S/c1-15-18(12-16-8-4-2-5-9-16)24-21(23-15)28-14-19(26)25-20(27)22-13-17-10-6-3-7-11-17/h2-11H,12-14H2,1H3,(H,23,24)(H2,22,25,26,27). The molecule has 144 valence electrons. The van der Waals surface area contributed by atoms with Crippen molar-refractivity contribution in [1.29, 1.82) is 0 Å². The number of hydrogen-bond donors (Lipinski definition) is 3. The van der Waals surface area contributed by atoms with E-state index in [1.54, 1.807) is 0 Å². The first-order chi connectivity index (χ1) is 13.6. The number of hydrogen-bond acceptors (Lipinski definition) is 4. The Kier molecular flexibility index (Phi) is 6.86. The topological polar surface area (TPSA) is 86.9 Å². The molecule has 0 saturated heterocycles. The molecule has 28 heavy (non-hydrogen) atoms. The quantitative estimate of drug-likeness (QED) is 0.536. The maximum absolute atomic E-state index is 12.0. The molecule has 0 aliphatic heterocycles. The Hall–Kier alpha value is -3.06. The van der Waals surface area contributed by atoms with Crippen LogP contribution in [0.15, 0.2) is 65.8 Å². The third-order valence-corrected chi connectivity index (χ3v) is 4.94. The van der Waals surface area contributed by atoms with Crippen LogP contribution in [0.5, 0.6) is 0 Å². The lowest BCUT2D eigenvalue weighted by molar-refractivity contribution is -0.117. The third-order valence-electron chi connectivity index (χ3n) is 4.07. The maximum atomic E-state index is 12.0. The molecule has 3 amide bonds. The predicted octanol–water partition coefficient (Wildman–Crippen LogP) is 3.43. The van der Waals surface area contributed by atoms with E-state index in [1.807, 2.05) is 55.5 Å². The van der Waals surface area contributed by atoms with Crippen molar-refractivity contribution in [2.24, 2.45) is 0 Å². The lowest BCUT2D eigenvalue weighted by Crippen LogP contribution is -2.39. The van der Waals surface area contributed by atoms with Gasteiger partial charge in [-0.2, -0.15) is 0 Å². The number of aryl methyl sites for hydroxylation is 1. The van der Waals surface area contributed by atoms with Crippen LogP contribution in [-0.4, -0.2) is 27.7 Å². The molecule has 0 fully saturated rings. The number of imidazole rings is 1. The molecule has 0 aliphatic rings. The Morgan fingerprint density at radius 1 is 1.00 bits per heavy atom. The van der Waals surface area contributed by atoms with Crippen molar-refractivity contribution in [3.05, 3.63) is 83.2 Å². The summed E-state index contributed by atoms with van der Waals surface area (Å²) in [6.45, 7) is 2.33. The molecule has 0 bridgehead atoms. The van der Waals surface area contributed by atoms with Gasteiger partial charge >= 0.3 is 6.03 Å². The van der Waals surface area contributed by atoms with E-state index in [0.717, 1.165) is 23.4 Å². The van der Waals surface area contributed by atoms with Gasteiger partial charge in [0.2, 0.25) is 5.91 Å². The van der Waals surface area contributed by atoms with Crippen LogP contribution in [-0.2, 0) is 17.8 Å². The van der Waals surface area contributed by atoms with E-state index in [-0.39, 0.29) is 11.7 Å². The molecule has 1 aromatic heterocycles. The number of nitrogens with one attached hydrogen (secondary N) is 3. The summed E-state index contributed by atoms with van der Waals surface area (Å²) in [5, 5.41) is 5.66. The van der Waals surface area contributed by atoms with E-state index < -0.39 is 6.03 Å². The molecule has 0 atom stereocenters. The van der Waals surface area contributed by atoms with Gasteiger partial charge in [0.1, 0.15) is 0 Å². The number of rotatable bonds is 7. The molecular weight excluding hydrogens is 372 g/mol. The van der Waals surface area contributed by atoms with Crippen molar-refractivity contribution in [3.63, 3.8) is 0 Å². The Bertz CT molecular complexity index is 926. The fourth-order valence-corrected chi connectivity index (χ4v) is 3.36. The Morgan fingerprint density at radius 3 is 2.32 bits per heavy atom. The minimum atomic E-state index is -0.505. The minimum absolute atomic E-state index is 0.108. The van der Waals surface area contributed by atoms with Gasteiger partial charge in [-0.05, 0) is 18.1 Å². The fraction of sp³-hybridized carbons (Fsp3) is 0.190. The van der Waals surface area contributed by atoms with Gasteiger partial charge < -0.3 is 10.3 Å². The van der Waals surface area contributed by atoms with E-state index in [1.165, 1.54) is 17.3 Å². The number of carbonyl (C=O) groups is 2. The van der Waals surface area contributed by atoms with Gasteiger partial charge in [-0.3, -0.25) is 10.1 Å². The lowest BCUT2D eigenvalue weighted by Gasteiger charge is -2.06. The number of nitrogens with zero attached hydrogens (tertiary/aromatic N) is 1. The maximum Gasteiger partial charge on any atom is 0.321 e. The second-order valence-corrected chi connectivity index (χ2v) is 7.25. The molecule has 0 spiro atoms. The monoisotopic (exact) mass is 394 g/mol. The Balaban J connectivity index is 1.44. The molecule has 1 heterocycles. The molecule has 6 nitrogen and oxygen atoms in total. The zero-order valence-corrected chi connectivity index (χ0v) is 16.4. The molecule has 3 aromatic rings. The highest BCUT2D eigenvalue weighted by molar-refractivity contribution is 7.99. The number of urea groups is 1. The fourth-order valence-electron chi connectivity index (χ4n) is 2.62. The SMILES string of the molecule is Cc1[nH]c(SCC(=O)NC(=O)NCc2ccccc2)nc1Cc1ccccc1. The summed E-state index contributed by atoms with van der Waals surface area (Å²) in [5.74, 6) is -0.259. The number of thioether (sulfide) groups is 1. The Labute approximate surface area is 168 Å². The minimum Gasteiger partial charge on any atom is -0.337 e. The molecule has 3 rings (SSSR count). The van der Waals surface area contributed by atoms with Crippen LogP contribution in [0.3, 0.4) is 0 Å². The molecule has 7 heteroatoms. The number of H-pyrrole nitrogens is 1. The molecular formula is C21H22N4O2S. The van der Waals surface area contributed by atoms with Gasteiger partial charge in [-0.15, -0.1) is 0 Å². The highest BCUT2D eigenvalue weighted by Gasteiger charge is 2.12. The summed E-state index contributed by atoms with van der Waals surface area (Å²) >= 11 is 1.27. The summed E-state index contributed by atoms with van der Waals surface area (Å²) in [5.41, 5.74) is 4.08. The van der Waals surface area contributed by atoms with E-state index in [4.69, 9.17) is 0 Å². The molecule has 0 aliphatic carbocycles. The highest BCUT2D eigenvalue weighted by Crippen LogP contribution is 2.18. The van der Waals surface area contributed by atoms with E-state index >= 15 is 0 Å². The molecule has 0 radical (unpaired) electrons. The van der Waals surface area contributed by atoms with Gasteiger partial charge in [0.15, 0.2) is 5.16 Å². The normalized spacial score (nSPS) is 10.5. The van der Waals surface area contributed by atoms with Crippen LogP contribution in [0.25, 0.3) is 0 Å². The molecule has 3 N–H and O–H groups in total. The van der Waals surface area contributed by atoms with E-state index in [9.17, 15) is 9.59 Å². The second-order valence-electron chi connectivity index (χ2n) is 6.28. The van der Waals surface area contributed by atoms with Crippen LogP contribution in [0.1, 0.15) is 22.5 Å². The lowest BCUT2D eigenvalue weighted by atomic mass is 10.1. The molecule has 2 aromatic carbocycles. The van der Waals surface area contributed by atoms with Gasteiger partial charge in [0.05, 0.1) is 11.4 Å². The van der Waals surface area contributed by atoms with Gasteiger partial charge in [0.25, 0.3) is 0 Å². The number of benzene rings is 2. The van der Waals surface area contributed by atoms with Crippen LogP contribution < -0.4 is 10.6 Å². The van der Waals surface area contributed by atoms with E-state index in [2.05, 4.69) is 32.7 Å². The number of amides is 3.